The summed E-state index contributed by atoms with van der Waals surface area (Å²) in [6.07, 6.45) is 0. The van der Waals surface area contributed by atoms with Crippen molar-refractivity contribution in [1.29, 1.82) is 0 Å². The lowest BCUT2D eigenvalue weighted by molar-refractivity contribution is -0.114. The number of anilines is 2. The Bertz CT molecular complexity index is 638. The second-order valence-electron chi connectivity index (χ2n) is 4.57. The van der Waals surface area contributed by atoms with Crippen molar-refractivity contribution in [2.24, 2.45) is 10.7 Å². The number of guanidine groups is 1. The third-order valence-electron chi connectivity index (χ3n) is 2.73. The van der Waals surface area contributed by atoms with Crippen LogP contribution in [0.15, 0.2) is 59.6 Å². The number of nitrogens with one attached hydrogen (secondary N) is 2. The summed E-state index contributed by atoms with van der Waals surface area (Å²) in [4.78, 5) is 15.3. The van der Waals surface area contributed by atoms with Gasteiger partial charge in [-0.1, -0.05) is 30.3 Å². The van der Waals surface area contributed by atoms with Gasteiger partial charge in [0.1, 0.15) is 0 Å². The second kappa shape index (κ2) is 7.09. The van der Waals surface area contributed by atoms with Gasteiger partial charge in [0.2, 0.25) is 5.91 Å². The molecule has 2 aromatic rings. The van der Waals surface area contributed by atoms with Crippen LogP contribution in [0.5, 0.6) is 0 Å². The molecule has 0 saturated heterocycles. The molecule has 5 heteroatoms. The van der Waals surface area contributed by atoms with E-state index in [-0.39, 0.29) is 5.91 Å². The topological polar surface area (TPSA) is 79.5 Å². The number of hydrogen-bond donors (Lipinski definition) is 3. The maximum Gasteiger partial charge on any atom is 0.221 e. The Labute approximate surface area is 123 Å². The number of rotatable bonds is 4. The number of hydrogen-bond acceptors (Lipinski definition) is 2. The van der Waals surface area contributed by atoms with Gasteiger partial charge in [0.25, 0.3) is 0 Å². The van der Waals surface area contributed by atoms with Crippen LogP contribution in [-0.2, 0) is 11.3 Å². The van der Waals surface area contributed by atoms with Crippen LogP contribution in [0.3, 0.4) is 0 Å². The van der Waals surface area contributed by atoms with Crippen LogP contribution >= 0.6 is 0 Å². The van der Waals surface area contributed by atoms with Gasteiger partial charge in [0, 0.05) is 18.3 Å². The number of nitrogens with zero attached hydrogens (tertiary/aromatic N) is 1. The minimum Gasteiger partial charge on any atom is -0.370 e. The van der Waals surface area contributed by atoms with Gasteiger partial charge in [-0.3, -0.25) is 4.79 Å². The first-order valence-electron chi connectivity index (χ1n) is 6.62. The van der Waals surface area contributed by atoms with Crippen LogP contribution < -0.4 is 16.4 Å². The zero-order valence-electron chi connectivity index (χ0n) is 11.8. The fraction of sp³-hybridized carbons (Fsp3) is 0.125. The van der Waals surface area contributed by atoms with E-state index in [1.165, 1.54) is 6.92 Å². The van der Waals surface area contributed by atoms with E-state index in [4.69, 9.17) is 5.73 Å². The lowest BCUT2D eigenvalue weighted by Crippen LogP contribution is -2.22. The SMILES string of the molecule is CC(=O)Nc1cccc(CN=C(N)Nc2ccccc2)c1. The molecule has 0 aliphatic heterocycles. The quantitative estimate of drug-likeness (QED) is 0.595. The first kappa shape index (κ1) is 14.6. The molecule has 0 aromatic heterocycles. The van der Waals surface area contributed by atoms with Gasteiger partial charge in [-0.05, 0) is 29.8 Å². The number of nitrogens with two attached hydrogens (primary N) is 1. The van der Waals surface area contributed by atoms with E-state index in [9.17, 15) is 4.79 Å². The van der Waals surface area contributed by atoms with Crippen molar-refractivity contribution < 1.29 is 4.79 Å². The highest BCUT2D eigenvalue weighted by atomic mass is 16.1. The molecule has 0 aliphatic carbocycles. The summed E-state index contributed by atoms with van der Waals surface area (Å²) in [6.45, 7) is 1.92. The number of amides is 1. The van der Waals surface area contributed by atoms with Crippen LogP contribution in [0.1, 0.15) is 12.5 Å². The van der Waals surface area contributed by atoms with Gasteiger partial charge >= 0.3 is 0 Å². The van der Waals surface area contributed by atoms with Crippen LogP contribution in [0.2, 0.25) is 0 Å². The highest BCUT2D eigenvalue weighted by Crippen LogP contribution is 2.11. The van der Waals surface area contributed by atoms with Gasteiger partial charge < -0.3 is 16.4 Å². The zero-order chi connectivity index (χ0) is 15.1. The van der Waals surface area contributed by atoms with Crippen molar-refractivity contribution in [3.63, 3.8) is 0 Å². The lowest BCUT2D eigenvalue weighted by atomic mass is 10.2. The summed E-state index contributed by atoms with van der Waals surface area (Å²) in [6, 6.07) is 17.1. The predicted molar refractivity (Wildman–Crippen MR) is 86.1 cm³/mol. The van der Waals surface area contributed by atoms with E-state index in [1.54, 1.807) is 0 Å². The minimum atomic E-state index is -0.0964. The largest absolute Gasteiger partial charge is 0.370 e. The first-order valence-corrected chi connectivity index (χ1v) is 6.62. The average Bonchev–Trinajstić information content (AvgIpc) is 2.46. The molecule has 21 heavy (non-hydrogen) atoms. The van der Waals surface area contributed by atoms with Crippen LogP contribution in [-0.4, -0.2) is 11.9 Å². The fourth-order valence-corrected chi connectivity index (χ4v) is 1.84. The van der Waals surface area contributed by atoms with Crippen LogP contribution in [0.4, 0.5) is 11.4 Å². The second-order valence-corrected chi connectivity index (χ2v) is 4.57. The molecule has 0 heterocycles. The molecule has 2 aromatic carbocycles. The van der Waals surface area contributed by atoms with Crippen molar-refractivity contribution in [3.8, 4) is 0 Å². The van der Waals surface area contributed by atoms with Crippen molar-refractivity contribution in [3.05, 3.63) is 60.2 Å². The number of carbonyl (C=O) groups excluding carboxylic acids is 1. The van der Waals surface area contributed by atoms with Crippen molar-refractivity contribution in [2.45, 2.75) is 13.5 Å². The molecular formula is C16H18N4O. The van der Waals surface area contributed by atoms with Gasteiger partial charge in [-0.25, -0.2) is 4.99 Å². The summed E-state index contributed by atoms with van der Waals surface area (Å²) in [5, 5.41) is 5.76. The standard InChI is InChI=1S/C16H18N4O/c1-12(21)19-15-9-5-6-13(10-15)11-18-16(17)20-14-7-3-2-4-8-14/h2-10H,11H2,1H3,(H,19,21)(H3,17,18,20). The summed E-state index contributed by atoms with van der Waals surface area (Å²) < 4.78 is 0. The molecule has 1 amide bonds. The van der Waals surface area contributed by atoms with Crippen molar-refractivity contribution in [1.82, 2.24) is 0 Å². The number of carbonyl (C=O) groups is 1. The van der Waals surface area contributed by atoms with Gasteiger partial charge in [0.15, 0.2) is 5.96 Å². The predicted octanol–water partition coefficient (Wildman–Crippen LogP) is 2.57. The molecule has 0 atom stereocenters. The normalized spacial score (nSPS) is 11.0. The molecule has 0 spiro atoms. The monoisotopic (exact) mass is 282 g/mol. The molecular weight excluding hydrogens is 264 g/mol. The molecule has 2 rings (SSSR count). The maximum atomic E-state index is 11.0. The third-order valence-corrected chi connectivity index (χ3v) is 2.73. The van der Waals surface area contributed by atoms with E-state index in [0.29, 0.717) is 12.5 Å². The Balaban J connectivity index is 1.98. The first-order chi connectivity index (χ1) is 10.1. The molecule has 0 radical (unpaired) electrons. The van der Waals surface area contributed by atoms with Gasteiger partial charge in [0.05, 0.1) is 6.54 Å². The molecule has 4 N–H and O–H groups in total. The Morgan fingerprint density at radius 3 is 2.48 bits per heavy atom. The Hall–Kier alpha value is -2.82. The Morgan fingerprint density at radius 2 is 1.76 bits per heavy atom. The van der Waals surface area contributed by atoms with Crippen molar-refractivity contribution in [2.75, 3.05) is 10.6 Å². The van der Waals surface area contributed by atoms with E-state index >= 15 is 0 Å². The van der Waals surface area contributed by atoms with Gasteiger partial charge in [-0.15, -0.1) is 0 Å². The molecule has 0 bridgehead atoms. The van der Waals surface area contributed by atoms with Crippen molar-refractivity contribution >= 4 is 23.2 Å². The van der Waals surface area contributed by atoms with E-state index in [1.807, 2.05) is 54.6 Å². The van der Waals surface area contributed by atoms with Crippen LogP contribution in [0, 0.1) is 0 Å². The number of para-hydroxylation sites is 1. The summed E-state index contributed by atoms with van der Waals surface area (Å²) >= 11 is 0. The molecule has 5 nitrogen and oxygen atoms in total. The lowest BCUT2D eigenvalue weighted by Gasteiger charge is -2.06. The summed E-state index contributed by atoms with van der Waals surface area (Å²) in [5.74, 6) is 0.257. The minimum absolute atomic E-state index is 0.0964. The highest BCUT2D eigenvalue weighted by molar-refractivity contribution is 5.92. The maximum absolute atomic E-state index is 11.0. The molecule has 0 fully saturated rings. The number of benzene rings is 2. The van der Waals surface area contributed by atoms with E-state index in [0.717, 1.165) is 16.9 Å². The summed E-state index contributed by atoms with van der Waals surface area (Å²) in [5.41, 5.74) is 8.46. The van der Waals surface area contributed by atoms with E-state index in [2.05, 4.69) is 15.6 Å². The third kappa shape index (κ3) is 4.99. The fourth-order valence-electron chi connectivity index (χ4n) is 1.84. The number of aliphatic imine (C=N–C) groups is 1. The van der Waals surface area contributed by atoms with Crippen LogP contribution in [0.25, 0.3) is 0 Å². The Kier molecular flexibility index (Phi) is 4.93. The molecule has 0 aliphatic rings. The molecule has 0 saturated carbocycles. The molecule has 0 unspecified atom stereocenters. The molecule has 108 valence electrons. The average molecular weight is 282 g/mol. The smallest absolute Gasteiger partial charge is 0.221 e. The van der Waals surface area contributed by atoms with Gasteiger partial charge in [-0.2, -0.15) is 0 Å². The Morgan fingerprint density at radius 1 is 1.05 bits per heavy atom. The zero-order valence-corrected chi connectivity index (χ0v) is 11.8. The van der Waals surface area contributed by atoms with E-state index < -0.39 is 0 Å². The summed E-state index contributed by atoms with van der Waals surface area (Å²) in [7, 11) is 0. The highest BCUT2D eigenvalue weighted by Gasteiger charge is 1.98.